The summed E-state index contributed by atoms with van der Waals surface area (Å²) in [6.45, 7) is 10.0. The van der Waals surface area contributed by atoms with Crippen LogP contribution in [0.1, 0.15) is 47.8 Å². The van der Waals surface area contributed by atoms with Crippen molar-refractivity contribution in [3.05, 3.63) is 88.6 Å². The van der Waals surface area contributed by atoms with Gasteiger partial charge in [-0.3, -0.25) is 4.79 Å². The summed E-state index contributed by atoms with van der Waals surface area (Å²) in [6, 6.07) is 22.0. The molecule has 0 aliphatic rings. The van der Waals surface area contributed by atoms with Crippen molar-refractivity contribution in [1.82, 2.24) is 5.32 Å². The lowest BCUT2D eigenvalue weighted by Gasteiger charge is -2.26. The molecule has 0 unspecified atom stereocenters. The third-order valence-corrected chi connectivity index (χ3v) is 4.87. The lowest BCUT2D eigenvalue weighted by Crippen LogP contribution is -2.31. The predicted octanol–water partition coefficient (Wildman–Crippen LogP) is 6.17. The van der Waals surface area contributed by atoms with E-state index in [4.69, 9.17) is 0 Å². The van der Waals surface area contributed by atoms with Gasteiger partial charge in [0.1, 0.15) is 6.07 Å². The van der Waals surface area contributed by atoms with E-state index in [-0.39, 0.29) is 5.91 Å². The molecule has 3 aromatic carbocycles. The third kappa shape index (κ3) is 4.55. The van der Waals surface area contributed by atoms with Crippen molar-refractivity contribution < 1.29 is 4.79 Å². The summed E-state index contributed by atoms with van der Waals surface area (Å²) in [6.07, 6.45) is 0. The van der Waals surface area contributed by atoms with Crippen molar-refractivity contribution >= 4 is 22.3 Å². The molecule has 3 aromatic rings. The fourth-order valence-electron chi connectivity index (χ4n) is 3.53. The number of amides is 1. The molecule has 3 nitrogen and oxygen atoms in total. The van der Waals surface area contributed by atoms with Crippen LogP contribution in [-0.4, -0.2) is 5.91 Å². The van der Waals surface area contributed by atoms with Gasteiger partial charge in [0.05, 0.1) is 5.57 Å². The zero-order chi connectivity index (χ0) is 21.2. The normalized spacial score (nSPS) is 12.3. The van der Waals surface area contributed by atoms with E-state index in [0.29, 0.717) is 16.8 Å². The Kier molecular flexibility index (Phi) is 5.57. The molecule has 0 aromatic heterocycles. The van der Waals surface area contributed by atoms with Gasteiger partial charge in [-0.1, -0.05) is 80.4 Å². The zero-order valence-electron chi connectivity index (χ0n) is 17.6. The molecule has 0 bridgehead atoms. The summed E-state index contributed by atoms with van der Waals surface area (Å²) < 4.78 is 0. The number of carbonyl (C=O) groups is 1. The molecule has 0 spiro atoms. The minimum absolute atomic E-state index is 0.210. The van der Waals surface area contributed by atoms with Crippen LogP contribution in [0.5, 0.6) is 0 Å². The highest BCUT2D eigenvalue weighted by Crippen LogP contribution is 2.31. The number of carbonyl (C=O) groups excluding carboxylic acids is 1. The molecule has 3 rings (SSSR count). The number of benzene rings is 3. The Hall–Kier alpha value is -3.38. The summed E-state index contributed by atoms with van der Waals surface area (Å²) >= 11 is 0. The van der Waals surface area contributed by atoms with E-state index in [1.165, 1.54) is 0 Å². The van der Waals surface area contributed by atoms with Gasteiger partial charge < -0.3 is 5.32 Å². The molecule has 29 heavy (non-hydrogen) atoms. The fourth-order valence-corrected chi connectivity index (χ4v) is 3.53. The Labute approximate surface area is 172 Å². The van der Waals surface area contributed by atoms with Crippen LogP contribution in [0.3, 0.4) is 0 Å². The molecule has 1 amide bonds. The Morgan fingerprint density at radius 1 is 0.862 bits per heavy atom. The highest BCUT2D eigenvalue weighted by atomic mass is 16.1. The van der Waals surface area contributed by atoms with Gasteiger partial charge in [-0.2, -0.15) is 5.26 Å². The van der Waals surface area contributed by atoms with Gasteiger partial charge in [-0.15, -0.1) is 0 Å². The maximum atomic E-state index is 13.1. The molecule has 0 heterocycles. The molecule has 0 saturated heterocycles. The summed E-state index contributed by atoms with van der Waals surface area (Å²) in [4.78, 5) is 13.1. The van der Waals surface area contributed by atoms with E-state index in [9.17, 15) is 10.1 Å². The third-order valence-electron chi connectivity index (χ3n) is 4.87. The molecular weight excluding hydrogens is 356 g/mol. The van der Waals surface area contributed by atoms with Gasteiger partial charge in [0.2, 0.25) is 0 Å². The summed E-state index contributed by atoms with van der Waals surface area (Å²) in [5.41, 5.74) is 4.29. The number of nitrogens with one attached hydrogen (secondary N) is 1. The number of hydrogen-bond donors (Lipinski definition) is 1. The summed E-state index contributed by atoms with van der Waals surface area (Å²) in [5, 5.41) is 15.1. The fraction of sp³-hybridized carbons (Fsp3) is 0.231. The number of allylic oxidation sites excluding steroid dienone is 2. The van der Waals surface area contributed by atoms with Crippen LogP contribution in [0.25, 0.3) is 16.3 Å². The van der Waals surface area contributed by atoms with Gasteiger partial charge >= 0.3 is 0 Å². The summed E-state index contributed by atoms with van der Waals surface area (Å²) in [7, 11) is 0. The van der Waals surface area contributed by atoms with E-state index in [0.717, 1.165) is 27.5 Å². The maximum absolute atomic E-state index is 13.1. The lowest BCUT2D eigenvalue weighted by atomic mass is 9.86. The van der Waals surface area contributed by atoms with Crippen molar-refractivity contribution in [2.75, 3.05) is 0 Å². The van der Waals surface area contributed by atoms with Crippen molar-refractivity contribution in [3.8, 4) is 6.07 Å². The molecule has 0 fully saturated rings. The molecule has 1 N–H and O–H groups in total. The number of nitrogens with zero attached hydrogens (tertiary/aromatic N) is 1. The standard InChI is InChI=1S/C26H26N2O/c1-17-12-18(2)14-22(13-17)23(16-27)24(26(3,4)5)28-25(29)21-11-10-19-8-6-7-9-20(19)15-21/h6-15H,1-5H3,(H,28,29). The van der Waals surface area contributed by atoms with Gasteiger partial charge in [-0.05, 0) is 42.3 Å². The van der Waals surface area contributed by atoms with Gasteiger partial charge in [0, 0.05) is 16.7 Å². The zero-order valence-corrected chi connectivity index (χ0v) is 17.6. The van der Waals surface area contributed by atoms with Crippen LogP contribution >= 0.6 is 0 Å². The van der Waals surface area contributed by atoms with Crippen LogP contribution in [0.4, 0.5) is 0 Å². The first kappa shape index (κ1) is 20.4. The highest BCUT2D eigenvalue weighted by Gasteiger charge is 2.25. The van der Waals surface area contributed by atoms with Crippen molar-refractivity contribution in [2.45, 2.75) is 34.6 Å². The van der Waals surface area contributed by atoms with Gasteiger partial charge in [-0.25, -0.2) is 0 Å². The Morgan fingerprint density at radius 2 is 1.48 bits per heavy atom. The molecule has 3 heteroatoms. The summed E-state index contributed by atoms with van der Waals surface area (Å²) in [5.74, 6) is -0.210. The minimum Gasteiger partial charge on any atom is -0.324 e. The van der Waals surface area contributed by atoms with Crippen LogP contribution in [-0.2, 0) is 0 Å². The molecule has 0 atom stereocenters. The first-order valence-corrected chi connectivity index (χ1v) is 9.73. The van der Waals surface area contributed by atoms with Crippen LogP contribution in [0, 0.1) is 30.6 Å². The van der Waals surface area contributed by atoms with E-state index >= 15 is 0 Å². The quantitative estimate of drug-likeness (QED) is 0.551. The second kappa shape index (κ2) is 7.93. The topological polar surface area (TPSA) is 52.9 Å². The highest BCUT2D eigenvalue weighted by molar-refractivity contribution is 6.00. The first-order valence-electron chi connectivity index (χ1n) is 9.73. The van der Waals surface area contributed by atoms with Crippen molar-refractivity contribution in [2.24, 2.45) is 5.41 Å². The van der Waals surface area contributed by atoms with Crippen LogP contribution in [0.15, 0.2) is 66.4 Å². The van der Waals surface area contributed by atoms with Gasteiger partial charge in [0.15, 0.2) is 0 Å². The lowest BCUT2D eigenvalue weighted by molar-refractivity contribution is 0.0958. The number of rotatable bonds is 3. The maximum Gasteiger partial charge on any atom is 0.255 e. The number of nitriles is 1. The average Bonchev–Trinajstić information content (AvgIpc) is 2.65. The average molecular weight is 383 g/mol. The molecule has 0 radical (unpaired) electrons. The number of hydrogen-bond acceptors (Lipinski definition) is 2. The monoisotopic (exact) mass is 382 g/mol. The van der Waals surface area contributed by atoms with E-state index in [1.54, 1.807) is 0 Å². The van der Waals surface area contributed by atoms with E-state index < -0.39 is 5.41 Å². The smallest absolute Gasteiger partial charge is 0.255 e. The van der Waals surface area contributed by atoms with Crippen LogP contribution in [0.2, 0.25) is 0 Å². The molecule has 0 aliphatic carbocycles. The predicted molar refractivity (Wildman–Crippen MR) is 119 cm³/mol. The molecule has 0 saturated carbocycles. The molecule has 146 valence electrons. The molecule has 0 aliphatic heterocycles. The van der Waals surface area contributed by atoms with Crippen molar-refractivity contribution in [1.29, 1.82) is 5.26 Å². The van der Waals surface area contributed by atoms with Crippen molar-refractivity contribution in [3.63, 3.8) is 0 Å². The number of aryl methyl sites for hydroxylation is 2. The second-order valence-electron chi connectivity index (χ2n) is 8.50. The Balaban J connectivity index is 2.07. The Morgan fingerprint density at radius 3 is 2.07 bits per heavy atom. The minimum atomic E-state index is -0.408. The molecular formula is C26H26N2O. The largest absolute Gasteiger partial charge is 0.324 e. The first-order chi connectivity index (χ1) is 13.7. The van der Waals surface area contributed by atoms with Gasteiger partial charge in [0.25, 0.3) is 5.91 Å². The number of fused-ring (bicyclic) bond motifs is 1. The second-order valence-corrected chi connectivity index (χ2v) is 8.50. The van der Waals surface area contributed by atoms with E-state index in [2.05, 4.69) is 17.5 Å². The van der Waals surface area contributed by atoms with Crippen LogP contribution < -0.4 is 5.32 Å². The SMILES string of the molecule is Cc1cc(C)cc(C(C#N)=C(NC(=O)c2ccc3ccccc3c2)C(C)(C)C)c1. The van der Waals surface area contributed by atoms with E-state index in [1.807, 2.05) is 89.2 Å². The Bertz CT molecular complexity index is 1140.